The highest BCUT2D eigenvalue weighted by Crippen LogP contribution is 2.10. The van der Waals surface area contributed by atoms with Gasteiger partial charge in [-0.1, -0.05) is 13.8 Å². The molecule has 0 aliphatic carbocycles. The molecule has 1 rings (SSSR count). The van der Waals surface area contributed by atoms with E-state index in [-0.39, 0.29) is 11.7 Å². The molecule has 6 heteroatoms. The van der Waals surface area contributed by atoms with Crippen LogP contribution in [0, 0.1) is 5.92 Å². The Morgan fingerprint density at radius 3 is 2.61 bits per heavy atom. The summed E-state index contributed by atoms with van der Waals surface area (Å²) < 4.78 is 4.55. The summed E-state index contributed by atoms with van der Waals surface area (Å²) in [6.45, 7) is 4.80. The van der Waals surface area contributed by atoms with Crippen LogP contribution in [0.2, 0.25) is 0 Å². The third kappa shape index (κ3) is 4.29. The molecule has 100 valence electrons. The van der Waals surface area contributed by atoms with Crippen LogP contribution in [0.5, 0.6) is 0 Å². The van der Waals surface area contributed by atoms with Crippen molar-refractivity contribution in [2.45, 2.75) is 26.3 Å². The maximum absolute atomic E-state index is 11.2. The molecular formula is C12H20N4O2. The maximum atomic E-state index is 11.2. The van der Waals surface area contributed by atoms with Crippen molar-refractivity contribution in [3.8, 4) is 0 Å². The number of ether oxygens (including phenoxy) is 1. The quantitative estimate of drug-likeness (QED) is 0.735. The lowest BCUT2D eigenvalue weighted by Crippen LogP contribution is -2.30. The zero-order chi connectivity index (χ0) is 13.5. The number of nitrogens with two attached hydrogens (primary N) is 1. The predicted octanol–water partition coefficient (Wildman–Crippen LogP) is 1.05. The third-order valence-corrected chi connectivity index (χ3v) is 2.45. The molecule has 0 amide bonds. The van der Waals surface area contributed by atoms with Gasteiger partial charge in [0.2, 0.25) is 0 Å². The van der Waals surface area contributed by atoms with Gasteiger partial charge < -0.3 is 15.8 Å². The Morgan fingerprint density at radius 2 is 2.17 bits per heavy atom. The van der Waals surface area contributed by atoms with Gasteiger partial charge in [-0.05, 0) is 24.5 Å². The first-order valence-corrected chi connectivity index (χ1v) is 5.95. The smallest absolute Gasteiger partial charge is 0.358 e. The molecule has 0 aliphatic rings. The molecular weight excluding hydrogens is 232 g/mol. The van der Waals surface area contributed by atoms with Gasteiger partial charge in [0.05, 0.1) is 7.11 Å². The number of aromatic nitrogens is 2. The minimum absolute atomic E-state index is 0.156. The minimum atomic E-state index is -0.494. The van der Waals surface area contributed by atoms with Crippen molar-refractivity contribution in [3.63, 3.8) is 0 Å². The number of nitrogens with one attached hydrogen (secondary N) is 1. The SMILES string of the molecule is COC(=O)c1ccc(NC(CN)CC(C)C)nn1. The van der Waals surface area contributed by atoms with Crippen LogP contribution in [-0.2, 0) is 4.74 Å². The second-order valence-corrected chi connectivity index (χ2v) is 4.50. The average Bonchev–Trinajstić information content (AvgIpc) is 2.37. The second-order valence-electron chi connectivity index (χ2n) is 4.50. The van der Waals surface area contributed by atoms with E-state index < -0.39 is 5.97 Å². The minimum Gasteiger partial charge on any atom is -0.464 e. The van der Waals surface area contributed by atoms with Gasteiger partial charge in [0, 0.05) is 12.6 Å². The third-order valence-electron chi connectivity index (χ3n) is 2.45. The molecule has 18 heavy (non-hydrogen) atoms. The molecule has 1 aromatic rings. The zero-order valence-electron chi connectivity index (χ0n) is 11.0. The van der Waals surface area contributed by atoms with Gasteiger partial charge in [-0.25, -0.2) is 4.79 Å². The van der Waals surface area contributed by atoms with Crippen molar-refractivity contribution in [3.05, 3.63) is 17.8 Å². The summed E-state index contributed by atoms with van der Waals surface area (Å²) in [5.74, 6) is 0.665. The van der Waals surface area contributed by atoms with E-state index in [0.717, 1.165) is 6.42 Å². The van der Waals surface area contributed by atoms with E-state index in [0.29, 0.717) is 18.3 Å². The molecule has 0 radical (unpaired) electrons. The summed E-state index contributed by atoms with van der Waals surface area (Å²) in [4.78, 5) is 11.2. The Labute approximate surface area is 107 Å². The van der Waals surface area contributed by atoms with Crippen molar-refractivity contribution in [2.75, 3.05) is 19.0 Å². The topological polar surface area (TPSA) is 90.1 Å². The maximum Gasteiger partial charge on any atom is 0.358 e. The van der Waals surface area contributed by atoms with Gasteiger partial charge in [0.25, 0.3) is 0 Å². The lowest BCUT2D eigenvalue weighted by atomic mass is 10.0. The fourth-order valence-electron chi connectivity index (χ4n) is 1.61. The van der Waals surface area contributed by atoms with Crippen LogP contribution in [0.4, 0.5) is 5.82 Å². The summed E-state index contributed by atoms with van der Waals surface area (Å²) in [6.07, 6.45) is 0.955. The fraction of sp³-hybridized carbons (Fsp3) is 0.583. The van der Waals surface area contributed by atoms with E-state index in [1.165, 1.54) is 7.11 Å². The lowest BCUT2D eigenvalue weighted by molar-refractivity contribution is 0.0593. The molecule has 6 nitrogen and oxygen atoms in total. The number of carbonyl (C=O) groups is 1. The molecule has 0 aliphatic heterocycles. The van der Waals surface area contributed by atoms with Gasteiger partial charge in [0.1, 0.15) is 5.82 Å². The standard InChI is InChI=1S/C12H20N4O2/c1-8(2)6-9(7-13)14-11-5-4-10(15-16-11)12(17)18-3/h4-5,8-9H,6-7,13H2,1-3H3,(H,14,16). The lowest BCUT2D eigenvalue weighted by Gasteiger charge is -2.18. The Hall–Kier alpha value is -1.69. The van der Waals surface area contributed by atoms with E-state index in [2.05, 4.69) is 34.1 Å². The molecule has 0 bridgehead atoms. The molecule has 0 fully saturated rings. The molecule has 1 heterocycles. The van der Waals surface area contributed by atoms with Crippen LogP contribution in [0.15, 0.2) is 12.1 Å². The Bertz CT molecular complexity index is 378. The number of nitrogens with zero attached hydrogens (tertiary/aromatic N) is 2. The van der Waals surface area contributed by atoms with Gasteiger partial charge in [0.15, 0.2) is 5.69 Å². The summed E-state index contributed by atoms with van der Waals surface area (Å²) in [6, 6.07) is 3.43. The van der Waals surface area contributed by atoms with Crippen molar-refractivity contribution in [1.29, 1.82) is 0 Å². The first-order chi connectivity index (χ1) is 8.56. The number of rotatable bonds is 6. The number of hydrogen-bond acceptors (Lipinski definition) is 6. The Kier molecular flexibility index (Phi) is 5.51. The largest absolute Gasteiger partial charge is 0.464 e. The van der Waals surface area contributed by atoms with Crippen LogP contribution in [0.25, 0.3) is 0 Å². The molecule has 1 unspecified atom stereocenters. The van der Waals surface area contributed by atoms with Gasteiger partial charge in [-0.3, -0.25) is 0 Å². The summed E-state index contributed by atoms with van der Waals surface area (Å²) in [7, 11) is 1.31. The molecule has 0 saturated carbocycles. The van der Waals surface area contributed by atoms with Crippen LogP contribution >= 0.6 is 0 Å². The van der Waals surface area contributed by atoms with E-state index in [9.17, 15) is 4.79 Å². The normalized spacial score (nSPS) is 12.3. The zero-order valence-corrected chi connectivity index (χ0v) is 11.0. The summed E-state index contributed by atoms with van der Waals surface area (Å²) in [5, 5.41) is 10.9. The highest BCUT2D eigenvalue weighted by Gasteiger charge is 2.11. The number of esters is 1. The summed E-state index contributed by atoms with van der Waals surface area (Å²) >= 11 is 0. The Morgan fingerprint density at radius 1 is 1.44 bits per heavy atom. The first kappa shape index (κ1) is 14.4. The number of methoxy groups -OCH3 is 1. The Balaban J connectivity index is 2.64. The van der Waals surface area contributed by atoms with Gasteiger partial charge in [-0.2, -0.15) is 0 Å². The van der Waals surface area contributed by atoms with Crippen molar-refractivity contribution in [1.82, 2.24) is 10.2 Å². The first-order valence-electron chi connectivity index (χ1n) is 5.95. The van der Waals surface area contributed by atoms with Crippen molar-refractivity contribution in [2.24, 2.45) is 11.7 Å². The van der Waals surface area contributed by atoms with Crippen LogP contribution in [0.3, 0.4) is 0 Å². The number of carbonyl (C=O) groups excluding carboxylic acids is 1. The average molecular weight is 252 g/mol. The number of anilines is 1. The van der Waals surface area contributed by atoms with E-state index >= 15 is 0 Å². The molecule has 0 spiro atoms. The van der Waals surface area contributed by atoms with E-state index in [1.54, 1.807) is 12.1 Å². The molecule has 1 atom stereocenters. The van der Waals surface area contributed by atoms with Crippen LogP contribution in [-0.4, -0.2) is 35.9 Å². The molecule has 1 aromatic heterocycles. The molecule has 0 aromatic carbocycles. The predicted molar refractivity (Wildman–Crippen MR) is 69.3 cm³/mol. The molecule has 3 N–H and O–H groups in total. The fourth-order valence-corrected chi connectivity index (χ4v) is 1.61. The molecule has 0 saturated heterocycles. The second kappa shape index (κ2) is 6.90. The van der Waals surface area contributed by atoms with Crippen molar-refractivity contribution < 1.29 is 9.53 Å². The number of hydrogen-bond donors (Lipinski definition) is 2. The summed E-state index contributed by atoms with van der Waals surface area (Å²) in [5.41, 5.74) is 5.87. The van der Waals surface area contributed by atoms with Crippen LogP contribution in [0.1, 0.15) is 30.8 Å². The van der Waals surface area contributed by atoms with Crippen molar-refractivity contribution >= 4 is 11.8 Å². The van der Waals surface area contributed by atoms with Gasteiger partial charge in [-0.15, -0.1) is 10.2 Å². The van der Waals surface area contributed by atoms with E-state index in [1.807, 2.05) is 0 Å². The monoisotopic (exact) mass is 252 g/mol. The highest BCUT2D eigenvalue weighted by molar-refractivity contribution is 5.86. The highest BCUT2D eigenvalue weighted by atomic mass is 16.5. The van der Waals surface area contributed by atoms with Gasteiger partial charge >= 0.3 is 5.97 Å². The van der Waals surface area contributed by atoms with E-state index in [4.69, 9.17) is 5.73 Å². The van der Waals surface area contributed by atoms with Crippen LogP contribution < -0.4 is 11.1 Å².